The van der Waals surface area contributed by atoms with Gasteiger partial charge in [0.1, 0.15) is 11.3 Å². The second-order valence-electron chi connectivity index (χ2n) is 6.31. The Kier molecular flexibility index (Phi) is 5.19. The number of nitrogens with one attached hydrogen (secondary N) is 1. The van der Waals surface area contributed by atoms with Crippen molar-refractivity contribution in [1.29, 1.82) is 0 Å². The minimum atomic E-state index is -0.308. The summed E-state index contributed by atoms with van der Waals surface area (Å²) in [6.07, 6.45) is 2.69. The number of hydrogen-bond acceptors (Lipinski definition) is 4. The first-order valence-electron chi connectivity index (χ1n) is 8.39. The standard InChI is InChI=1S/C19H23N3O3/c1-21-10-3-4-17(19(21)24)18(23)20-12-15-9-11-22(15)13-14-5-7-16(25-2)8-6-14/h3-8,10,15H,9,11-13H2,1-2H3,(H,20,23). The van der Waals surface area contributed by atoms with E-state index < -0.39 is 0 Å². The van der Waals surface area contributed by atoms with E-state index in [1.54, 1.807) is 32.5 Å². The fraction of sp³-hybridized carbons (Fsp3) is 0.368. The van der Waals surface area contributed by atoms with Crippen LogP contribution in [-0.2, 0) is 13.6 Å². The van der Waals surface area contributed by atoms with E-state index in [1.807, 2.05) is 12.1 Å². The fourth-order valence-electron chi connectivity index (χ4n) is 2.97. The van der Waals surface area contributed by atoms with E-state index in [1.165, 1.54) is 10.1 Å². The van der Waals surface area contributed by atoms with Gasteiger partial charge in [-0.3, -0.25) is 14.5 Å². The molecule has 1 unspecified atom stereocenters. The third-order valence-electron chi connectivity index (χ3n) is 4.68. The molecule has 1 aliphatic heterocycles. The second kappa shape index (κ2) is 7.53. The first-order valence-corrected chi connectivity index (χ1v) is 8.39. The Labute approximate surface area is 147 Å². The number of amides is 1. The van der Waals surface area contributed by atoms with Crippen LogP contribution in [0.1, 0.15) is 22.3 Å². The SMILES string of the molecule is COc1ccc(CN2CCC2CNC(=O)c2cccn(C)c2=O)cc1. The summed E-state index contributed by atoms with van der Waals surface area (Å²) in [6, 6.07) is 11.6. The van der Waals surface area contributed by atoms with Crippen molar-refractivity contribution >= 4 is 5.91 Å². The van der Waals surface area contributed by atoms with Gasteiger partial charge in [-0.25, -0.2) is 0 Å². The quantitative estimate of drug-likeness (QED) is 0.863. The lowest BCUT2D eigenvalue weighted by molar-refractivity contribution is 0.0731. The van der Waals surface area contributed by atoms with Gasteiger partial charge in [0.2, 0.25) is 0 Å². The molecule has 1 amide bonds. The molecule has 6 heteroatoms. The van der Waals surface area contributed by atoms with Crippen LogP contribution in [0.25, 0.3) is 0 Å². The predicted octanol–water partition coefficient (Wildman–Crippen LogP) is 1.40. The van der Waals surface area contributed by atoms with Crippen molar-refractivity contribution in [3.8, 4) is 5.75 Å². The molecule has 0 saturated carbocycles. The first kappa shape index (κ1) is 17.2. The van der Waals surface area contributed by atoms with Crippen molar-refractivity contribution in [2.24, 2.45) is 7.05 Å². The van der Waals surface area contributed by atoms with Crippen LogP contribution in [0.3, 0.4) is 0 Å². The van der Waals surface area contributed by atoms with Crippen LogP contribution in [0.5, 0.6) is 5.75 Å². The number of hydrogen-bond donors (Lipinski definition) is 1. The normalized spacial score (nSPS) is 17.0. The van der Waals surface area contributed by atoms with Gasteiger partial charge in [0.15, 0.2) is 0 Å². The number of nitrogens with zero attached hydrogens (tertiary/aromatic N) is 2. The highest BCUT2D eigenvalue weighted by molar-refractivity contribution is 5.93. The van der Waals surface area contributed by atoms with Crippen LogP contribution < -0.4 is 15.6 Å². The van der Waals surface area contributed by atoms with Gasteiger partial charge < -0.3 is 14.6 Å². The van der Waals surface area contributed by atoms with Gasteiger partial charge in [-0.2, -0.15) is 0 Å². The zero-order valence-corrected chi connectivity index (χ0v) is 14.6. The highest BCUT2D eigenvalue weighted by Gasteiger charge is 2.28. The highest BCUT2D eigenvalue weighted by Crippen LogP contribution is 2.21. The maximum atomic E-state index is 12.2. The number of pyridine rings is 1. The van der Waals surface area contributed by atoms with Gasteiger partial charge in [-0.1, -0.05) is 12.1 Å². The van der Waals surface area contributed by atoms with Crippen LogP contribution >= 0.6 is 0 Å². The van der Waals surface area contributed by atoms with Gasteiger partial charge >= 0.3 is 0 Å². The van der Waals surface area contributed by atoms with Gasteiger partial charge in [-0.15, -0.1) is 0 Å². The molecule has 1 aromatic carbocycles. The number of methoxy groups -OCH3 is 1. The van der Waals surface area contributed by atoms with Gasteiger partial charge in [0.05, 0.1) is 7.11 Å². The summed E-state index contributed by atoms with van der Waals surface area (Å²) in [5.74, 6) is 0.540. The number of likely N-dealkylation sites (tertiary alicyclic amines) is 1. The monoisotopic (exact) mass is 341 g/mol. The number of rotatable bonds is 6. The smallest absolute Gasteiger partial charge is 0.263 e. The summed E-state index contributed by atoms with van der Waals surface area (Å²) in [5, 5.41) is 2.89. The maximum absolute atomic E-state index is 12.2. The second-order valence-corrected chi connectivity index (χ2v) is 6.31. The van der Waals surface area contributed by atoms with Crippen molar-refractivity contribution in [2.75, 3.05) is 20.2 Å². The molecule has 6 nitrogen and oxygen atoms in total. The molecule has 132 valence electrons. The summed E-state index contributed by atoms with van der Waals surface area (Å²) in [5.41, 5.74) is 1.13. The van der Waals surface area contributed by atoms with Gasteiger partial charge in [0.25, 0.3) is 11.5 Å². The van der Waals surface area contributed by atoms with E-state index in [4.69, 9.17) is 4.74 Å². The molecule has 1 N–H and O–H groups in total. The van der Waals surface area contributed by atoms with E-state index in [2.05, 4.69) is 22.3 Å². The Morgan fingerprint density at radius 3 is 2.68 bits per heavy atom. The average Bonchev–Trinajstić information content (AvgIpc) is 2.61. The molecule has 0 bridgehead atoms. The number of benzene rings is 1. The van der Waals surface area contributed by atoms with E-state index in [-0.39, 0.29) is 17.0 Å². The van der Waals surface area contributed by atoms with E-state index in [0.29, 0.717) is 12.6 Å². The lowest BCUT2D eigenvalue weighted by atomic mass is 10.0. The lowest BCUT2D eigenvalue weighted by Crippen LogP contribution is -2.53. The Morgan fingerprint density at radius 1 is 1.28 bits per heavy atom. The summed E-state index contributed by atoms with van der Waals surface area (Å²) < 4.78 is 6.58. The van der Waals surface area contributed by atoms with Crippen molar-refractivity contribution < 1.29 is 9.53 Å². The van der Waals surface area contributed by atoms with E-state index in [0.717, 1.165) is 25.3 Å². The lowest BCUT2D eigenvalue weighted by Gasteiger charge is -2.41. The molecular formula is C19H23N3O3. The summed E-state index contributed by atoms with van der Waals surface area (Å²) >= 11 is 0. The molecule has 25 heavy (non-hydrogen) atoms. The van der Waals surface area contributed by atoms with E-state index in [9.17, 15) is 9.59 Å². The van der Waals surface area contributed by atoms with Crippen LogP contribution in [-0.4, -0.2) is 41.6 Å². The molecule has 1 aromatic heterocycles. The summed E-state index contributed by atoms with van der Waals surface area (Å²) in [7, 11) is 3.30. The fourth-order valence-corrected chi connectivity index (χ4v) is 2.97. The van der Waals surface area contributed by atoms with Gasteiger partial charge in [-0.05, 0) is 36.2 Å². The minimum Gasteiger partial charge on any atom is -0.497 e. The number of carbonyl (C=O) groups excluding carboxylic acids is 1. The topological polar surface area (TPSA) is 63.6 Å². The molecule has 1 atom stereocenters. The number of ether oxygens (including phenoxy) is 1. The largest absolute Gasteiger partial charge is 0.497 e. The molecule has 3 rings (SSSR count). The molecule has 2 heterocycles. The molecular weight excluding hydrogens is 318 g/mol. The zero-order chi connectivity index (χ0) is 17.8. The number of aromatic nitrogens is 1. The van der Waals surface area contributed by atoms with Crippen molar-refractivity contribution in [3.63, 3.8) is 0 Å². The summed E-state index contributed by atoms with van der Waals surface area (Å²) in [4.78, 5) is 26.5. The van der Waals surface area contributed by atoms with Crippen LogP contribution in [0.2, 0.25) is 0 Å². The van der Waals surface area contributed by atoms with Crippen molar-refractivity contribution in [2.45, 2.75) is 19.0 Å². The Bertz CT molecular complexity index is 798. The number of carbonyl (C=O) groups is 1. The Hall–Kier alpha value is -2.60. The Morgan fingerprint density at radius 2 is 2.04 bits per heavy atom. The molecule has 0 aliphatic carbocycles. The van der Waals surface area contributed by atoms with E-state index >= 15 is 0 Å². The minimum absolute atomic E-state index is 0.186. The highest BCUT2D eigenvalue weighted by atomic mass is 16.5. The molecule has 2 aromatic rings. The van der Waals surface area contributed by atoms with Crippen molar-refractivity contribution in [1.82, 2.24) is 14.8 Å². The molecule has 1 aliphatic rings. The first-order chi connectivity index (χ1) is 12.1. The molecule has 0 spiro atoms. The predicted molar refractivity (Wildman–Crippen MR) is 95.8 cm³/mol. The maximum Gasteiger partial charge on any atom is 0.263 e. The van der Waals surface area contributed by atoms with Crippen molar-refractivity contribution in [3.05, 3.63) is 64.1 Å². The third kappa shape index (κ3) is 3.91. The van der Waals surface area contributed by atoms with Crippen LogP contribution in [0.15, 0.2) is 47.4 Å². The third-order valence-corrected chi connectivity index (χ3v) is 4.68. The molecule has 1 fully saturated rings. The molecule has 1 saturated heterocycles. The average molecular weight is 341 g/mol. The number of aryl methyl sites for hydroxylation is 1. The zero-order valence-electron chi connectivity index (χ0n) is 14.6. The molecule has 0 radical (unpaired) electrons. The van der Waals surface area contributed by atoms with Gasteiger partial charge in [0, 0.05) is 38.9 Å². The van der Waals surface area contributed by atoms with Crippen LogP contribution in [0, 0.1) is 0 Å². The van der Waals surface area contributed by atoms with Crippen LogP contribution in [0.4, 0.5) is 0 Å². The summed E-state index contributed by atoms with van der Waals surface area (Å²) in [6.45, 7) is 2.41. The Balaban J connectivity index is 1.54.